The van der Waals surface area contributed by atoms with E-state index in [1.807, 2.05) is 68.4 Å². The second-order valence-electron chi connectivity index (χ2n) is 4.50. The van der Waals surface area contributed by atoms with E-state index in [-0.39, 0.29) is 5.75 Å². The van der Waals surface area contributed by atoms with Crippen LogP contribution in [0.1, 0.15) is 19.4 Å². The van der Waals surface area contributed by atoms with Crippen LogP contribution in [0.2, 0.25) is 5.02 Å². The Balaban J connectivity index is 0.000000924. The van der Waals surface area contributed by atoms with Crippen LogP contribution in [0, 0.1) is 0 Å². The zero-order valence-corrected chi connectivity index (χ0v) is 14.6. The zero-order valence-electron chi connectivity index (χ0n) is 13.0. The van der Waals surface area contributed by atoms with E-state index in [9.17, 15) is 5.11 Å². The first-order chi connectivity index (χ1) is 11.2. The van der Waals surface area contributed by atoms with Crippen LogP contribution >= 0.6 is 23.5 Å². The fourth-order valence-electron chi connectivity index (χ4n) is 2.06. The first-order valence-electron chi connectivity index (χ1n) is 7.41. The molecule has 3 aromatic carbocycles. The van der Waals surface area contributed by atoms with Crippen molar-refractivity contribution in [2.24, 2.45) is 4.40 Å². The van der Waals surface area contributed by atoms with Gasteiger partial charge in [0, 0.05) is 33.6 Å². The predicted octanol–water partition coefficient (Wildman–Crippen LogP) is 6.35. The van der Waals surface area contributed by atoms with Gasteiger partial charge in [0.25, 0.3) is 0 Å². The molecule has 0 bridgehead atoms. The molecule has 0 amide bonds. The maximum Gasteiger partial charge on any atom is 0.125 e. The standard InChI is InChI=1S/C17H12ClNOS.C2H6/c18-13-6-8-14(9-7-13)21-19-11-16-15-4-2-1-3-12(15)5-10-17(16)20;1-2/h1-11,20H;1-2H3/b19-11+;. The van der Waals surface area contributed by atoms with E-state index < -0.39 is 0 Å². The van der Waals surface area contributed by atoms with Gasteiger partial charge in [-0.3, -0.25) is 0 Å². The van der Waals surface area contributed by atoms with Gasteiger partial charge in [0.2, 0.25) is 0 Å². The molecule has 0 atom stereocenters. The van der Waals surface area contributed by atoms with Gasteiger partial charge in [-0.05, 0) is 41.1 Å². The molecule has 118 valence electrons. The lowest BCUT2D eigenvalue weighted by molar-refractivity contribution is 0.475. The number of phenolic OH excluding ortho intramolecular Hbond substituents is 1. The number of halogens is 1. The van der Waals surface area contributed by atoms with Crippen LogP contribution in [0.5, 0.6) is 5.75 Å². The van der Waals surface area contributed by atoms with Gasteiger partial charge in [0.1, 0.15) is 5.75 Å². The Morgan fingerprint density at radius 3 is 2.39 bits per heavy atom. The van der Waals surface area contributed by atoms with Crippen LogP contribution in [0.4, 0.5) is 0 Å². The van der Waals surface area contributed by atoms with Crippen molar-refractivity contribution in [3.63, 3.8) is 0 Å². The van der Waals surface area contributed by atoms with Crippen molar-refractivity contribution in [3.05, 3.63) is 71.2 Å². The number of nitrogens with zero attached hydrogens (tertiary/aromatic N) is 1. The molecule has 3 rings (SSSR count). The minimum Gasteiger partial charge on any atom is -0.507 e. The lowest BCUT2D eigenvalue weighted by atomic mass is 10.0. The lowest BCUT2D eigenvalue weighted by Gasteiger charge is -2.04. The number of benzene rings is 3. The van der Waals surface area contributed by atoms with Gasteiger partial charge in [-0.15, -0.1) is 0 Å². The summed E-state index contributed by atoms with van der Waals surface area (Å²) in [6, 6.07) is 19.0. The number of phenols is 1. The molecule has 4 heteroatoms. The van der Waals surface area contributed by atoms with E-state index in [0.29, 0.717) is 5.02 Å². The summed E-state index contributed by atoms with van der Waals surface area (Å²) in [7, 11) is 0. The number of aromatic hydroxyl groups is 1. The lowest BCUT2D eigenvalue weighted by Crippen LogP contribution is -1.85. The topological polar surface area (TPSA) is 32.6 Å². The molecule has 0 spiro atoms. The van der Waals surface area contributed by atoms with Gasteiger partial charge in [0.05, 0.1) is 0 Å². The van der Waals surface area contributed by atoms with Crippen LogP contribution in [0.15, 0.2) is 70.0 Å². The first kappa shape index (κ1) is 17.4. The van der Waals surface area contributed by atoms with Gasteiger partial charge in [-0.1, -0.05) is 55.8 Å². The maximum atomic E-state index is 10.0. The molecule has 1 N–H and O–H groups in total. The monoisotopic (exact) mass is 343 g/mol. The Labute approximate surface area is 146 Å². The molecule has 2 nitrogen and oxygen atoms in total. The first-order valence-corrected chi connectivity index (χ1v) is 8.56. The molecule has 0 unspecified atom stereocenters. The molecular weight excluding hydrogens is 326 g/mol. The number of rotatable bonds is 3. The summed E-state index contributed by atoms with van der Waals surface area (Å²) >= 11 is 7.19. The third-order valence-corrected chi connectivity index (χ3v) is 4.05. The molecule has 0 fully saturated rings. The highest BCUT2D eigenvalue weighted by molar-refractivity contribution is 7.98. The SMILES string of the molecule is CC.Oc1ccc2ccccc2c1/C=N/Sc1ccc(Cl)cc1. The predicted molar refractivity (Wildman–Crippen MR) is 102 cm³/mol. The highest BCUT2D eigenvalue weighted by atomic mass is 35.5. The summed E-state index contributed by atoms with van der Waals surface area (Å²) < 4.78 is 4.34. The van der Waals surface area contributed by atoms with Crippen molar-refractivity contribution < 1.29 is 5.11 Å². The van der Waals surface area contributed by atoms with Crippen LogP contribution in [0.3, 0.4) is 0 Å². The van der Waals surface area contributed by atoms with Crippen LogP contribution < -0.4 is 0 Å². The molecule has 0 aromatic heterocycles. The van der Waals surface area contributed by atoms with Crippen LogP contribution in [-0.4, -0.2) is 11.3 Å². The third-order valence-electron chi connectivity index (χ3n) is 3.10. The summed E-state index contributed by atoms with van der Waals surface area (Å²) in [5, 5.41) is 12.8. The van der Waals surface area contributed by atoms with Crippen molar-refractivity contribution >= 4 is 40.5 Å². The quantitative estimate of drug-likeness (QED) is 0.444. The second kappa shape index (κ2) is 8.61. The molecular formula is C19H18ClNOS. The van der Waals surface area contributed by atoms with Crippen molar-refractivity contribution in [1.82, 2.24) is 0 Å². The Kier molecular flexibility index (Phi) is 6.51. The highest BCUT2D eigenvalue weighted by Gasteiger charge is 2.04. The summed E-state index contributed by atoms with van der Waals surface area (Å²) in [5.74, 6) is 0.231. The smallest absolute Gasteiger partial charge is 0.125 e. The summed E-state index contributed by atoms with van der Waals surface area (Å²) in [4.78, 5) is 0.996. The molecule has 0 saturated carbocycles. The second-order valence-corrected chi connectivity index (χ2v) is 5.80. The Morgan fingerprint density at radius 2 is 1.65 bits per heavy atom. The van der Waals surface area contributed by atoms with Crippen molar-refractivity contribution in [2.45, 2.75) is 18.7 Å². The van der Waals surface area contributed by atoms with Crippen LogP contribution in [-0.2, 0) is 0 Å². The number of hydrogen-bond donors (Lipinski definition) is 1. The van der Waals surface area contributed by atoms with Gasteiger partial charge < -0.3 is 5.11 Å². The van der Waals surface area contributed by atoms with E-state index in [2.05, 4.69) is 4.40 Å². The van der Waals surface area contributed by atoms with Crippen molar-refractivity contribution in [3.8, 4) is 5.75 Å². The van der Waals surface area contributed by atoms with E-state index in [1.54, 1.807) is 12.3 Å². The molecule has 23 heavy (non-hydrogen) atoms. The minimum atomic E-state index is 0.231. The average Bonchev–Trinajstić information content (AvgIpc) is 2.60. The molecule has 0 aliphatic rings. The van der Waals surface area contributed by atoms with Crippen LogP contribution in [0.25, 0.3) is 10.8 Å². The fourth-order valence-corrected chi connectivity index (χ4v) is 2.72. The Morgan fingerprint density at radius 1 is 0.957 bits per heavy atom. The highest BCUT2D eigenvalue weighted by Crippen LogP contribution is 2.27. The third kappa shape index (κ3) is 4.50. The molecule has 0 aliphatic heterocycles. The Hall–Kier alpha value is -1.97. The fraction of sp³-hybridized carbons (Fsp3) is 0.105. The normalized spacial score (nSPS) is 10.6. The van der Waals surface area contributed by atoms with Gasteiger partial charge >= 0.3 is 0 Å². The zero-order chi connectivity index (χ0) is 16.7. The van der Waals surface area contributed by atoms with Crippen molar-refractivity contribution in [1.29, 1.82) is 0 Å². The summed E-state index contributed by atoms with van der Waals surface area (Å²) in [6.07, 6.45) is 1.69. The number of hydrogen-bond acceptors (Lipinski definition) is 3. The van der Waals surface area contributed by atoms with Gasteiger partial charge in [-0.25, -0.2) is 4.40 Å². The van der Waals surface area contributed by atoms with E-state index >= 15 is 0 Å². The summed E-state index contributed by atoms with van der Waals surface area (Å²) in [5.41, 5.74) is 0.731. The molecule has 0 saturated heterocycles. The molecule has 3 aromatic rings. The molecule has 0 aliphatic carbocycles. The number of fused-ring (bicyclic) bond motifs is 1. The van der Waals surface area contributed by atoms with Gasteiger partial charge in [0.15, 0.2) is 0 Å². The summed E-state index contributed by atoms with van der Waals surface area (Å²) in [6.45, 7) is 4.00. The average molecular weight is 344 g/mol. The van der Waals surface area contributed by atoms with E-state index in [1.165, 1.54) is 11.9 Å². The van der Waals surface area contributed by atoms with Gasteiger partial charge in [-0.2, -0.15) is 0 Å². The molecule has 0 heterocycles. The largest absolute Gasteiger partial charge is 0.507 e. The molecule has 0 radical (unpaired) electrons. The Bertz CT molecular complexity index is 800. The maximum absolute atomic E-state index is 10.0. The van der Waals surface area contributed by atoms with E-state index in [4.69, 9.17) is 11.6 Å². The van der Waals surface area contributed by atoms with Crippen molar-refractivity contribution in [2.75, 3.05) is 0 Å². The minimum absolute atomic E-state index is 0.231. The van der Waals surface area contributed by atoms with E-state index in [0.717, 1.165) is 21.2 Å².